The van der Waals surface area contributed by atoms with Crippen molar-refractivity contribution in [1.29, 1.82) is 0 Å². The number of carbonyl (C=O) groups is 2. The van der Waals surface area contributed by atoms with Gasteiger partial charge < -0.3 is 21.3 Å². The zero-order valence-corrected chi connectivity index (χ0v) is 16.7. The summed E-state index contributed by atoms with van der Waals surface area (Å²) in [7, 11) is 0. The van der Waals surface area contributed by atoms with Crippen molar-refractivity contribution < 1.29 is 9.59 Å². The van der Waals surface area contributed by atoms with Crippen LogP contribution in [0.3, 0.4) is 0 Å². The van der Waals surface area contributed by atoms with Crippen LogP contribution in [-0.2, 0) is 0 Å². The quantitative estimate of drug-likeness (QED) is 0.449. The minimum Gasteiger partial charge on any atom is -0.308 e. The molecule has 3 aromatic carbocycles. The molecular weight excluding hydrogens is 364 g/mol. The van der Waals surface area contributed by atoms with Gasteiger partial charge in [-0.3, -0.25) is 0 Å². The first-order valence-electron chi connectivity index (χ1n) is 9.29. The molecule has 0 saturated heterocycles. The summed E-state index contributed by atoms with van der Waals surface area (Å²) in [6, 6.07) is 19.7. The maximum absolute atomic E-state index is 12.3. The molecule has 0 aliphatic rings. The van der Waals surface area contributed by atoms with Crippen molar-refractivity contribution in [2.75, 3.05) is 21.3 Å². The predicted octanol–water partition coefficient (Wildman–Crippen LogP) is 5.90. The number of hydrogen-bond donors (Lipinski definition) is 4. The average molecular weight is 388 g/mol. The van der Waals surface area contributed by atoms with Crippen LogP contribution in [0.15, 0.2) is 66.7 Å². The third-order valence-corrected chi connectivity index (χ3v) is 4.45. The highest BCUT2D eigenvalue weighted by atomic mass is 16.2. The normalized spacial score (nSPS) is 10.2. The second kappa shape index (κ2) is 8.93. The Morgan fingerprint density at radius 3 is 1.31 bits per heavy atom. The van der Waals surface area contributed by atoms with Crippen LogP contribution in [0.1, 0.15) is 16.7 Å². The first-order valence-corrected chi connectivity index (χ1v) is 9.29. The number of carbonyl (C=O) groups excluding carboxylic acids is 2. The van der Waals surface area contributed by atoms with Crippen molar-refractivity contribution in [2.24, 2.45) is 0 Å². The molecule has 0 fully saturated rings. The monoisotopic (exact) mass is 388 g/mol. The van der Waals surface area contributed by atoms with Gasteiger partial charge in [0, 0.05) is 22.7 Å². The molecule has 0 bridgehead atoms. The lowest BCUT2D eigenvalue weighted by atomic mass is 10.1. The number of benzene rings is 3. The molecule has 0 heterocycles. The number of nitrogens with one attached hydrogen (secondary N) is 4. The summed E-state index contributed by atoms with van der Waals surface area (Å²) < 4.78 is 0. The molecule has 0 unspecified atom stereocenters. The van der Waals surface area contributed by atoms with E-state index in [1.54, 1.807) is 18.2 Å². The summed E-state index contributed by atoms with van der Waals surface area (Å²) >= 11 is 0. The lowest BCUT2D eigenvalue weighted by Gasteiger charge is -2.14. The van der Waals surface area contributed by atoms with Crippen LogP contribution in [-0.4, -0.2) is 12.1 Å². The van der Waals surface area contributed by atoms with E-state index in [-0.39, 0.29) is 12.1 Å². The van der Waals surface area contributed by atoms with Crippen LogP contribution < -0.4 is 21.3 Å². The average Bonchev–Trinajstić information content (AvgIpc) is 2.68. The fourth-order valence-corrected chi connectivity index (χ4v) is 2.75. The molecular formula is C23H24N4O2. The second-order valence-electron chi connectivity index (χ2n) is 6.87. The number of hydrogen-bond acceptors (Lipinski definition) is 2. The SMILES string of the molecule is Cc1ccc(NC(=O)Nc2cccc(NC(=O)Nc3ccc(C)cc3)c2C)cc1. The Morgan fingerprint density at radius 1 is 0.552 bits per heavy atom. The van der Waals surface area contributed by atoms with Crippen molar-refractivity contribution in [2.45, 2.75) is 20.8 Å². The molecule has 3 aromatic rings. The van der Waals surface area contributed by atoms with E-state index < -0.39 is 0 Å². The second-order valence-corrected chi connectivity index (χ2v) is 6.87. The maximum Gasteiger partial charge on any atom is 0.323 e. The lowest BCUT2D eigenvalue weighted by molar-refractivity contribution is 0.261. The van der Waals surface area contributed by atoms with Gasteiger partial charge in [-0.2, -0.15) is 0 Å². The number of rotatable bonds is 4. The molecule has 4 N–H and O–H groups in total. The van der Waals surface area contributed by atoms with Crippen molar-refractivity contribution in [3.8, 4) is 0 Å². The molecule has 0 radical (unpaired) electrons. The molecule has 6 heteroatoms. The number of anilines is 4. The zero-order chi connectivity index (χ0) is 20.8. The van der Waals surface area contributed by atoms with Crippen LogP contribution in [0.25, 0.3) is 0 Å². The van der Waals surface area contributed by atoms with E-state index in [1.807, 2.05) is 69.3 Å². The van der Waals surface area contributed by atoms with Gasteiger partial charge in [0.2, 0.25) is 0 Å². The minimum absolute atomic E-state index is 0.349. The van der Waals surface area contributed by atoms with Crippen LogP contribution in [0.4, 0.5) is 32.3 Å². The molecule has 6 nitrogen and oxygen atoms in total. The Balaban J connectivity index is 1.63. The van der Waals surface area contributed by atoms with Crippen molar-refractivity contribution in [3.05, 3.63) is 83.4 Å². The predicted molar refractivity (Wildman–Crippen MR) is 119 cm³/mol. The highest BCUT2D eigenvalue weighted by Gasteiger charge is 2.10. The van der Waals surface area contributed by atoms with E-state index in [2.05, 4.69) is 21.3 Å². The van der Waals surface area contributed by atoms with Gasteiger partial charge in [-0.25, -0.2) is 9.59 Å². The summed E-state index contributed by atoms with van der Waals surface area (Å²) in [5.41, 5.74) is 5.63. The number of aryl methyl sites for hydroxylation is 2. The smallest absolute Gasteiger partial charge is 0.308 e. The molecule has 4 amide bonds. The molecule has 148 valence electrons. The summed E-state index contributed by atoms with van der Waals surface area (Å²) in [4.78, 5) is 24.6. The Hall–Kier alpha value is -3.80. The summed E-state index contributed by atoms with van der Waals surface area (Å²) in [6.45, 7) is 5.81. The van der Waals surface area contributed by atoms with Crippen LogP contribution >= 0.6 is 0 Å². The Bertz CT molecular complexity index is 932. The van der Waals surface area contributed by atoms with E-state index in [1.165, 1.54) is 0 Å². The van der Waals surface area contributed by atoms with Gasteiger partial charge >= 0.3 is 12.1 Å². The molecule has 3 rings (SSSR count). The van der Waals surface area contributed by atoms with E-state index >= 15 is 0 Å². The van der Waals surface area contributed by atoms with Gasteiger partial charge in [-0.05, 0) is 62.7 Å². The molecule has 0 aromatic heterocycles. The first-order chi connectivity index (χ1) is 13.9. The standard InChI is InChI=1S/C23H24N4O2/c1-15-7-11-18(12-8-15)24-22(28)26-20-5-4-6-21(17(20)3)27-23(29)25-19-13-9-16(2)10-14-19/h4-14H,1-3H3,(H2,24,26,28)(H2,25,27,29). The van der Waals surface area contributed by atoms with E-state index in [0.29, 0.717) is 22.7 Å². The third kappa shape index (κ3) is 5.59. The van der Waals surface area contributed by atoms with Crippen LogP contribution in [0.2, 0.25) is 0 Å². The van der Waals surface area contributed by atoms with Gasteiger partial charge in [0.05, 0.1) is 0 Å². The molecule has 0 aliphatic carbocycles. The summed E-state index contributed by atoms with van der Waals surface area (Å²) in [5, 5.41) is 11.2. The molecule has 0 spiro atoms. The van der Waals surface area contributed by atoms with Gasteiger partial charge in [0.25, 0.3) is 0 Å². The van der Waals surface area contributed by atoms with Crippen molar-refractivity contribution >= 4 is 34.8 Å². The summed E-state index contributed by atoms with van der Waals surface area (Å²) in [6.07, 6.45) is 0. The van der Waals surface area contributed by atoms with Gasteiger partial charge in [0.1, 0.15) is 0 Å². The molecule has 0 aliphatic heterocycles. The highest BCUT2D eigenvalue weighted by molar-refractivity contribution is 6.03. The summed E-state index contributed by atoms with van der Waals surface area (Å²) in [5.74, 6) is 0. The van der Waals surface area contributed by atoms with Crippen LogP contribution in [0, 0.1) is 20.8 Å². The first kappa shape index (κ1) is 19.9. The van der Waals surface area contributed by atoms with Crippen LogP contribution in [0.5, 0.6) is 0 Å². The molecule has 0 atom stereocenters. The zero-order valence-electron chi connectivity index (χ0n) is 16.7. The maximum atomic E-state index is 12.3. The molecule has 0 saturated carbocycles. The van der Waals surface area contributed by atoms with Crippen molar-refractivity contribution in [3.63, 3.8) is 0 Å². The highest BCUT2D eigenvalue weighted by Crippen LogP contribution is 2.24. The fraction of sp³-hybridized carbons (Fsp3) is 0.130. The topological polar surface area (TPSA) is 82.3 Å². The Morgan fingerprint density at radius 2 is 0.931 bits per heavy atom. The van der Waals surface area contributed by atoms with E-state index in [4.69, 9.17) is 0 Å². The number of urea groups is 2. The molecule has 29 heavy (non-hydrogen) atoms. The largest absolute Gasteiger partial charge is 0.323 e. The van der Waals surface area contributed by atoms with E-state index in [0.717, 1.165) is 16.7 Å². The Kier molecular flexibility index (Phi) is 6.14. The minimum atomic E-state index is -0.349. The number of amides is 4. The van der Waals surface area contributed by atoms with Gasteiger partial charge in [0.15, 0.2) is 0 Å². The van der Waals surface area contributed by atoms with E-state index in [9.17, 15) is 9.59 Å². The fourth-order valence-electron chi connectivity index (χ4n) is 2.75. The van der Waals surface area contributed by atoms with Gasteiger partial charge in [-0.1, -0.05) is 41.5 Å². The third-order valence-electron chi connectivity index (χ3n) is 4.45. The lowest BCUT2D eigenvalue weighted by Crippen LogP contribution is -2.22. The van der Waals surface area contributed by atoms with Crippen molar-refractivity contribution in [1.82, 2.24) is 0 Å². The van der Waals surface area contributed by atoms with Gasteiger partial charge in [-0.15, -0.1) is 0 Å². The Labute approximate surface area is 170 Å².